The zero-order valence-electron chi connectivity index (χ0n) is 11.5. The molecule has 1 aliphatic rings. The van der Waals surface area contributed by atoms with Gasteiger partial charge in [0.05, 0.1) is 6.10 Å². The topological polar surface area (TPSA) is 43.7 Å². The zero-order valence-corrected chi connectivity index (χ0v) is 11.2. The second-order valence-electron chi connectivity index (χ2n) is 5.69. The molecule has 0 spiro atoms. The number of aliphatic hydroxyl groups excluding tert-OH is 1. The lowest BCUT2D eigenvalue weighted by Crippen LogP contribution is -3.00. The molecule has 4 heteroatoms. The van der Waals surface area contributed by atoms with E-state index in [1.54, 1.807) is 0 Å². The maximum Gasteiger partial charge on any atom is 1.00 e. The van der Waals surface area contributed by atoms with E-state index in [0.29, 0.717) is 0 Å². The first-order chi connectivity index (χ1) is 6.13. The minimum Gasteiger partial charge on any atom is -1.00 e. The Balaban J connectivity index is 0. The highest BCUT2D eigenvalue weighted by atomic mass is 35.5. The normalized spacial score (nSPS) is 39.6. The van der Waals surface area contributed by atoms with Gasteiger partial charge in [-0.3, -0.25) is 0 Å². The van der Waals surface area contributed by atoms with E-state index in [1.807, 2.05) is 41.5 Å². The lowest BCUT2D eigenvalue weighted by atomic mass is 9.67. The van der Waals surface area contributed by atoms with E-state index in [4.69, 9.17) is 0 Å². The minimum absolute atomic E-state index is 0. The SMILES string of the molecule is CC1C(O)C(C)C(C)(C)N(O)C1(C)C.[Cl-].[H+]. The molecule has 2 N–H and O–H groups in total. The van der Waals surface area contributed by atoms with Crippen LogP contribution in [-0.2, 0) is 0 Å². The number of piperidine rings is 1. The second kappa shape index (κ2) is 4.21. The van der Waals surface area contributed by atoms with Crippen LogP contribution in [0.3, 0.4) is 0 Å². The van der Waals surface area contributed by atoms with Crippen LogP contribution in [0.4, 0.5) is 0 Å². The second-order valence-corrected chi connectivity index (χ2v) is 5.69. The summed E-state index contributed by atoms with van der Waals surface area (Å²) in [6, 6.07) is 0. The van der Waals surface area contributed by atoms with Gasteiger partial charge in [0.2, 0.25) is 0 Å². The van der Waals surface area contributed by atoms with Gasteiger partial charge in [-0.25, -0.2) is 0 Å². The molecule has 1 rings (SSSR count). The fraction of sp³-hybridized carbons (Fsp3) is 1.00. The molecule has 1 saturated heterocycles. The number of hydrogen-bond donors (Lipinski definition) is 2. The van der Waals surface area contributed by atoms with Crippen LogP contribution in [-0.4, -0.2) is 32.6 Å². The summed E-state index contributed by atoms with van der Waals surface area (Å²) in [5.74, 6) is 0.131. The van der Waals surface area contributed by atoms with Crippen molar-refractivity contribution in [2.75, 3.05) is 0 Å². The maximum absolute atomic E-state index is 10.1. The number of hydrogen-bond acceptors (Lipinski definition) is 3. The van der Waals surface area contributed by atoms with Crippen LogP contribution >= 0.6 is 0 Å². The Morgan fingerprint density at radius 3 is 1.53 bits per heavy atom. The first kappa shape index (κ1) is 15.2. The Morgan fingerprint density at radius 2 is 1.27 bits per heavy atom. The quantitative estimate of drug-likeness (QED) is 0.568. The van der Waals surface area contributed by atoms with Gasteiger partial charge in [-0.05, 0) is 27.7 Å². The van der Waals surface area contributed by atoms with E-state index in [9.17, 15) is 10.3 Å². The molecule has 0 aromatic heterocycles. The highest BCUT2D eigenvalue weighted by Crippen LogP contribution is 2.43. The molecule has 2 atom stereocenters. The fourth-order valence-corrected chi connectivity index (χ4v) is 2.40. The highest BCUT2D eigenvalue weighted by Gasteiger charge is 2.53. The van der Waals surface area contributed by atoms with Gasteiger partial charge in [-0.1, -0.05) is 13.8 Å². The third-order valence-electron chi connectivity index (χ3n) is 4.34. The van der Waals surface area contributed by atoms with Crippen LogP contribution in [0.1, 0.15) is 43.0 Å². The van der Waals surface area contributed by atoms with Crippen LogP contribution in [0.15, 0.2) is 0 Å². The van der Waals surface area contributed by atoms with Gasteiger partial charge >= 0.3 is 1.43 Å². The third kappa shape index (κ3) is 2.03. The molecular weight excluding hydrogens is 214 g/mol. The third-order valence-corrected chi connectivity index (χ3v) is 4.34. The van der Waals surface area contributed by atoms with E-state index >= 15 is 0 Å². The van der Waals surface area contributed by atoms with Gasteiger partial charge in [-0.15, -0.1) is 0 Å². The van der Waals surface area contributed by atoms with E-state index in [1.165, 1.54) is 5.06 Å². The van der Waals surface area contributed by atoms with Crippen molar-refractivity contribution < 1.29 is 24.1 Å². The number of hydroxylamine groups is 2. The summed E-state index contributed by atoms with van der Waals surface area (Å²) >= 11 is 0. The van der Waals surface area contributed by atoms with E-state index in [-0.39, 0.29) is 42.9 Å². The summed E-state index contributed by atoms with van der Waals surface area (Å²) in [6.07, 6.45) is -0.358. The van der Waals surface area contributed by atoms with Crippen molar-refractivity contribution in [3.63, 3.8) is 0 Å². The predicted octanol–water partition coefficient (Wildman–Crippen LogP) is -1.00. The molecule has 0 aromatic carbocycles. The lowest BCUT2D eigenvalue weighted by Gasteiger charge is -2.57. The Labute approximate surface area is 100 Å². The Bertz CT molecular complexity index is 214. The van der Waals surface area contributed by atoms with E-state index < -0.39 is 0 Å². The van der Waals surface area contributed by atoms with Crippen molar-refractivity contribution >= 4 is 0 Å². The van der Waals surface area contributed by atoms with E-state index in [2.05, 4.69) is 0 Å². The molecule has 2 unspecified atom stereocenters. The summed E-state index contributed by atoms with van der Waals surface area (Å²) in [4.78, 5) is 0. The summed E-state index contributed by atoms with van der Waals surface area (Å²) < 4.78 is 0. The predicted molar refractivity (Wildman–Crippen MR) is 57.2 cm³/mol. The number of halogens is 1. The molecule has 3 nitrogen and oxygen atoms in total. The van der Waals surface area contributed by atoms with Gasteiger partial charge in [0.15, 0.2) is 0 Å². The van der Waals surface area contributed by atoms with Crippen LogP contribution in [0.5, 0.6) is 0 Å². The molecule has 0 aliphatic carbocycles. The number of nitrogens with zero attached hydrogens (tertiary/aromatic N) is 1. The standard InChI is InChI=1S/C11H23NO2.ClH/c1-7-9(13)8(2)11(5,6)12(14)10(7,3)4;/h7-9,13-14H,1-6H3;1H. The van der Waals surface area contributed by atoms with Gasteiger partial charge in [-0.2, -0.15) is 5.06 Å². The Morgan fingerprint density at radius 1 is 1.00 bits per heavy atom. The summed E-state index contributed by atoms with van der Waals surface area (Å²) in [6.45, 7) is 11.8. The van der Waals surface area contributed by atoms with Gasteiger partial charge in [0, 0.05) is 22.9 Å². The molecule has 0 saturated carbocycles. The minimum atomic E-state index is -0.380. The molecule has 1 aliphatic heterocycles. The molecule has 0 radical (unpaired) electrons. The molecular formula is C11H24ClNO2. The van der Waals surface area contributed by atoms with Gasteiger partial charge in [0.1, 0.15) is 0 Å². The average Bonchev–Trinajstić information content (AvgIpc) is 2.11. The van der Waals surface area contributed by atoms with Crippen molar-refractivity contribution in [3.8, 4) is 0 Å². The first-order valence-electron chi connectivity index (χ1n) is 5.30. The fourth-order valence-electron chi connectivity index (χ4n) is 2.40. The van der Waals surface area contributed by atoms with Crippen molar-refractivity contribution in [2.45, 2.75) is 58.7 Å². The lowest BCUT2D eigenvalue weighted by molar-refractivity contribution is -0.294. The van der Waals surface area contributed by atoms with Crippen LogP contribution in [0, 0.1) is 11.8 Å². The van der Waals surface area contributed by atoms with Crippen molar-refractivity contribution in [1.29, 1.82) is 0 Å². The highest BCUT2D eigenvalue weighted by molar-refractivity contribution is 5.03. The smallest absolute Gasteiger partial charge is 1.00 e. The molecule has 0 amide bonds. The summed E-state index contributed by atoms with van der Waals surface area (Å²) in [5.41, 5.74) is -0.759. The maximum atomic E-state index is 10.1. The van der Waals surface area contributed by atoms with Gasteiger partial charge in [0.25, 0.3) is 0 Å². The molecule has 92 valence electrons. The average molecular weight is 238 g/mol. The summed E-state index contributed by atoms with van der Waals surface area (Å²) in [5, 5.41) is 21.6. The van der Waals surface area contributed by atoms with Crippen LogP contribution in [0.25, 0.3) is 0 Å². The van der Waals surface area contributed by atoms with Crippen LogP contribution < -0.4 is 12.4 Å². The zero-order chi connectivity index (χ0) is 11.3. The summed E-state index contributed by atoms with van der Waals surface area (Å²) in [7, 11) is 0. The Hall–Kier alpha value is 0.170. The van der Waals surface area contributed by atoms with E-state index in [0.717, 1.165) is 0 Å². The molecule has 15 heavy (non-hydrogen) atoms. The largest absolute Gasteiger partial charge is 1.00 e. The van der Waals surface area contributed by atoms with Crippen molar-refractivity contribution in [3.05, 3.63) is 0 Å². The molecule has 0 bridgehead atoms. The van der Waals surface area contributed by atoms with Crippen LogP contribution in [0.2, 0.25) is 0 Å². The first-order valence-corrected chi connectivity index (χ1v) is 5.30. The number of aliphatic hydroxyl groups is 1. The van der Waals surface area contributed by atoms with Crippen molar-refractivity contribution in [2.24, 2.45) is 11.8 Å². The number of rotatable bonds is 0. The van der Waals surface area contributed by atoms with Gasteiger partial charge < -0.3 is 22.7 Å². The molecule has 0 aromatic rings. The molecule has 1 fully saturated rings. The monoisotopic (exact) mass is 237 g/mol. The Kier molecular flexibility index (Phi) is 4.25. The molecule has 1 heterocycles. The van der Waals surface area contributed by atoms with Crippen molar-refractivity contribution in [1.82, 2.24) is 5.06 Å².